The van der Waals surface area contributed by atoms with E-state index >= 15 is 0 Å². The predicted octanol–water partition coefficient (Wildman–Crippen LogP) is 3.08. The second-order valence-corrected chi connectivity index (χ2v) is 4.04. The zero-order valence-electron chi connectivity index (χ0n) is 10.2. The lowest BCUT2D eigenvalue weighted by atomic mass is 10.0. The van der Waals surface area contributed by atoms with Crippen molar-refractivity contribution in [3.8, 4) is 22.8 Å². The lowest BCUT2D eigenvalue weighted by Crippen LogP contribution is -1.92. The largest absolute Gasteiger partial charge is 0.506 e. The van der Waals surface area contributed by atoms with Gasteiger partial charge in [0.05, 0.1) is 19.0 Å². The third kappa shape index (κ3) is 2.23. The first-order chi connectivity index (χ1) is 8.11. The maximum atomic E-state index is 9.23. The number of hydrogen-bond donors (Lipinski definition) is 1. The number of hydrogen-bond acceptors (Lipinski definition) is 3. The maximum Gasteiger partial charge on any atom is 0.133 e. The van der Waals surface area contributed by atoms with Crippen LogP contribution < -0.4 is 4.74 Å². The molecule has 2 rings (SSSR count). The summed E-state index contributed by atoms with van der Waals surface area (Å²) in [6.07, 6.45) is 1.45. The highest BCUT2D eigenvalue weighted by molar-refractivity contribution is 5.66. The van der Waals surface area contributed by atoms with E-state index in [-0.39, 0.29) is 5.75 Å². The van der Waals surface area contributed by atoms with Crippen LogP contribution in [-0.4, -0.2) is 17.2 Å². The molecule has 1 aromatic heterocycles. The third-order valence-electron chi connectivity index (χ3n) is 2.77. The highest BCUT2D eigenvalue weighted by atomic mass is 16.5. The highest BCUT2D eigenvalue weighted by Crippen LogP contribution is 2.29. The minimum absolute atomic E-state index is 0.177. The number of pyridine rings is 1. The first-order valence-electron chi connectivity index (χ1n) is 5.42. The van der Waals surface area contributed by atoms with Crippen LogP contribution in [-0.2, 0) is 0 Å². The van der Waals surface area contributed by atoms with Crippen molar-refractivity contribution in [1.29, 1.82) is 0 Å². The topological polar surface area (TPSA) is 42.4 Å². The number of nitrogens with zero attached hydrogens (tertiary/aromatic N) is 1. The lowest BCUT2D eigenvalue weighted by molar-refractivity contribution is 0.411. The molecule has 1 heterocycles. The third-order valence-corrected chi connectivity index (χ3v) is 2.77. The molecule has 2 aromatic rings. The summed E-state index contributed by atoms with van der Waals surface area (Å²) in [4.78, 5) is 4.22. The van der Waals surface area contributed by atoms with Crippen LogP contribution in [0.25, 0.3) is 11.3 Å². The fourth-order valence-corrected chi connectivity index (χ4v) is 1.83. The zero-order chi connectivity index (χ0) is 12.4. The first kappa shape index (κ1) is 11.5. The fraction of sp³-hybridized carbons (Fsp3) is 0.214. The van der Waals surface area contributed by atoms with Crippen molar-refractivity contribution < 1.29 is 9.84 Å². The van der Waals surface area contributed by atoms with Crippen LogP contribution in [0, 0.1) is 13.8 Å². The smallest absolute Gasteiger partial charge is 0.133 e. The Kier molecular flexibility index (Phi) is 3.00. The molecule has 0 aliphatic heterocycles. The summed E-state index contributed by atoms with van der Waals surface area (Å²) in [5, 5.41) is 9.23. The van der Waals surface area contributed by atoms with Crippen molar-refractivity contribution in [3.63, 3.8) is 0 Å². The van der Waals surface area contributed by atoms with Crippen LogP contribution in [0.15, 0.2) is 30.5 Å². The van der Waals surface area contributed by atoms with Gasteiger partial charge < -0.3 is 9.84 Å². The summed E-state index contributed by atoms with van der Waals surface area (Å²) in [7, 11) is 1.67. The van der Waals surface area contributed by atoms with Gasteiger partial charge in [-0.05, 0) is 49.2 Å². The summed E-state index contributed by atoms with van der Waals surface area (Å²) in [5.74, 6) is 1.06. The SMILES string of the molecule is COc1cc(C)c(-c2ccc(O)cn2)cc1C. The van der Waals surface area contributed by atoms with Gasteiger partial charge in [0.25, 0.3) is 0 Å². The maximum absolute atomic E-state index is 9.23. The Hall–Kier alpha value is -2.03. The number of benzene rings is 1. The van der Waals surface area contributed by atoms with Crippen LogP contribution in [0.1, 0.15) is 11.1 Å². The summed E-state index contributed by atoms with van der Waals surface area (Å²) >= 11 is 0. The molecule has 1 N–H and O–H groups in total. The highest BCUT2D eigenvalue weighted by Gasteiger charge is 2.07. The molecule has 3 nitrogen and oxygen atoms in total. The van der Waals surface area contributed by atoms with Gasteiger partial charge in [-0.3, -0.25) is 4.98 Å². The normalized spacial score (nSPS) is 10.3. The second kappa shape index (κ2) is 4.45. The number of aryl methyl sites for hydroxylation is 2. The Labute approximate surface area is 101 Å². The Morgan fingerprint density at radius 1 is 1.12 bits per heavy atom. The Morgan fingerprint density at radius 3 is 2.47 bits per heavy atom. The van der Waals surface area contributed by atoms with E-state index in [4.69, 9.17) is 4.74 Å². The Balaban J connectivity index is 2.52. The van der Waals surface area contributed by atoms with Crippen LogP contribution in [0.5, 0.6) is 11.5 Å². The molecule has 17 heavy (non-hydrogen) atoms. The number of rotatable bonds is 2. The number of ether oxygens (including phenoxy) is 1. The number of aromatic nitrogens is 1. The monoisotopic (exact) mass is 229 g/mol. The van der Waals surface area contributed by atoms with E-state index in [0.29, 0.717) is 0 Å². The van der Waals surface area contributed by atoms with Gasteiger partial charge in [0.15, 0.2) is 0 Å². The van der Waals surface area contributed by atoms with Gasteiger partial charge in [-0.1, -0.05) is 0 Å². The van der Waals surface area contributed by atoms with E-state index in [2.05, 4.69) is 4.98 Å². The van der Waals surface area contributed by atoms with E-state index in [9.17, 15) is 5.11 Å². The van der Waals surface area contributed by atoms with Gasteiger partial charge in [-0.15, -0.1) is 0 Å². The first-order valence-corrected chi connectivity index (χ1v) is 5.42. The molecule has 0 fully saturated rings. The van der Waals surface area contributed by atoms with Crippen molar-refractivity contribution in [1.82, 2.24) is 4.98 Å². The molecule has 0 saturated carbocycles. The van der Waals surface area contributed by atoms with Gasteiger partial charge >= 0.3 is 0 Å². The Morgan fingerprint density at radius 2 is 1.88 bits per heavy atom. The van der Waals surface area contributed by atoms with E-state index in [1.54, 1.807) is 13.2 Å². The molecule has 0 amide bonds. The summed E-state index contributed by atoms with van der Waals surface area (Å²) in [6, 6.07) is 7.50. The van der Waals surface area contributed by atoms with Crippen LogP contribution in [0.3, 0.4) is 0 Å². The molecule has 0 spiro atoms. The van der Waals surface area contributed by atoms with Crippen LogP contribution in [0.2, 0.25) is 0 Å². The Bertz CT molecular complexity index is 533. The lowest BCUT2D eigenvalue weighted by Gasteiger charge is -2.10. The van der Waals surface area contributed by atoms with Gasteiger partial charge in [-0.25, -0.2) is 0 Å². The molecular formula is C14H15NO2. The molecule has 0 atom stereocenters. The van der Waals surface area contributed by atoms with Crippen molar-refractivity contribution in [3.05, 3.63) is 41.6 Å². The summed E-state index contributed by atoms with van der Waals surface area (Å²) in [6.45, 7) is 4.02. The predicted molar refractivity (Wildman–Crippen MR) is 67.4 cm³/mol. The van der Waals surface area contributed by atoms with Crippen molar-refractivity contribution in [2.24, 2.45) is 0 Å². The second-order valence-electron chi connectivity index (χ2n) is 4.04. The van der Waals surface area contributed by atoms with Gasteiger partial charge in [0, 0.05) is 5.56 Å². The minimum Gasteiger partial charge on any atom is -0.506 e. The average Bonchev–Trinajstić information content (AvgIpc) is 2.33. The van der Waals surface area contributed by atoms with Gasteiger partial charge in [-0.2, -0.15) is 0 Å². The van der Waals surface area contributed by atoms with Crippen LogP contribution >= 0.6 is 0 Å². The molecular weight excluding hydrogens is 214 g/mol. The molecule has 0 saturated heterocycles. The quantitative estimate of drug-likeness (QED) is 0.860. The van der Waals surface area contributed by atoms with Gasteiger partial charge in [0.1, 0.15) is 11.5 Å². The number of methoxy groups -OCH3 is 1. The molecule has 3 heteroatoms. The molecule has 0 radical (unpaired) electrons. The van der Waals surface area contributed by atoms with Crippen molar-refractivity contribution in [2.45, 2.75) is 13.8 Å². The average molecular weight is 229 g/mol. The van der Waals surface area contributed by atoms with E-state index in [1.807, 2.05) is 32.0 Å². The molecule has 0 unspecified atom stereocenters. The van der Waals surface area contributed by atoms with Crippen molar-refractivity contribution >= 4 is 0 Å². The standard InChI is InChI=1S/C14H15NO2/c1-9-7-14(17-3)10(2)6-12(9)13-5-4-11(16)8-15-13/h4-8,16H,1-3H3. The molecule has 1 aromatic carbocycles. The summed E-state index contributed by atoms with van der Waals surface area (Å²) < 4.78 is 5.28. The number of aromatic hydroxyl groups is 1. The van der Waals surface area contributed by atoms with E-state index in [1.165, 1.54) is 6.20 Å². The van der Waals surface area contributed by atoms with Crippen molar-refractivity contribution in [2.75, 3.05) is 7.11 Å². The van der Waals surface area contributed by atoms with Crippen LogP contribution in [0.4, 0.5) is 0 Å². The molecule has 0 bridgehead atoms. The zero-order valence-corrected chi connectivity index (χ0v) is 10.2. The van der Waals surface area contributed by atoms with E-state index < -0.39 is 0 Å². The molecule has 88 valence electrons. The molecule has 0 aliphatic rings. The summed E-state index contributed by atoms with van der Waals surface area (Å²) in [5.41, 5.74) is 4.09. The minimum atomic E-state index is 0.177. The van der Waals surface area contributed by atoms with E-state index in [0.717, 1.165) is 28.1 Å². The molecule has 0 aliphatic carbocycles. The van der Waals surface area contributed by atoms with Gasteiger partial charge in [0.2, 0.25) is 0 Å². The fourth-order valence-electron chi connectivity index (χ4n) is 1.83.